The number of amidine groups is 1. The third-order valence-corrected chi connectivity index (χ3v) is 7.77. The summed E-state index contributed by atoms with van der Waals surface area (Å²) in [6.45, 7) is 3.20. The first-order chi connectivity index (χ1) is 19.4. The molecule has 1 N–H and O–H groups in total. The van der Waals surface area contributed by atoms with Crippen molar-refractivity contribution in [1.29, 1.82) is 0 Å². The standard InChI is InChI=1S/C31H34ClN3O4S/c1-3-4-5-6-19-39-27-17-13-24(14-18-27)33-29(36)20-28-30(37)35(21-22-7-15-26(38-2)16-8-22)31(40-28)34-25-11-9-23(32)10-12-25/h7-18,28H,3-6,19-21H2,1-2H3,(H,33,36)/t28-/m1/s1. The van der Waals surface area contributed by atoms with Crippen molar-refractivity contribution >= 4 is 51.7 Å². The molecule has 1 heterocycles. The topological polar surface area (TPSA) is 80.2 Å². The molecule has 1 atom stereocenters. The van der Waals surface area contributed by atoms with Gasteiger partial charge in [-0.25, -0.2) is 4.99 Å². The smallest absolute Gasteiger partial charge is 0.242 e. The van der Waals surface area contributed by atoms with Crippen LogP contribution in [0.25, 0.3) is 0 Å². The van der Waals surface area contributed by atoms with E-state index in [2.05, 4.69) is 12.2 Å². The third-order valence-electron chi connectivity index (χ3n) is 6.35. The molecule has 1 aliphatic heterocycles. The van der Waals surface area contributed by atoms with Crippen molar-refractivity contribution in [2.75, 3.05) is 19.0 Å². The van der Waals surface area contributed by atoms with E-state index < -0.39 is 5.25 Å². The number of aliphatic imine (C=N–C) groups is 1. The molecule has 0 radical (unpaired) electrons. The summed E-state index contributed by atoms with van der Waals surface area (Å²) in [5.41, 5.74) is 2.26. The van der Waals surface area contributed by atoms with Crippen LogP contribution in [0, 0.1) is 0 Å². The van der Waals surface area contributed by atoms with Crippen LogP contribution in [0.5, 0.6) is 11.5 Å². The molecule has 210 valence electrons. The minimum atomic E-state index is -0.588. The van der Waals surface area contributed by atoms with E-state index >= 15 is 0 Å². The predicted molar refractivity (Wildman–Crippen MR) is 163 cm³/mol. The number of ether oxygens (including phenoxy) is 2. The highest BCUT2D eigenvalue weighted by atomic mass is 35.5. The van der Waals surface area contributed by atoms with Gasteiger partial charge in [-0.2, -0.15) is 0 Å². The number of halogens is 1. The molecule has 0 unspecified atom stereocenters. The van der Waals surface area contributed by atoms with Gasteiger partial charge in [0.2, 0.25) is 11.8 Å². The Balaban J connectivity index is 1.40. The molecule has 40 heavy (non-hydrogen) atoms. The predicted octanol–water partition coefficient (Wildman–Crippen LogP) is 7.47. The molecule has 1 aliphatic rings. The summed E-state index contributed by atoms with van der Waals surface area (Å²) in [4.78, 5) is 32.7. The number of rotatable bonds is 13. The summed E-state index contributed by atoms with van der Waals surface area (Å²) in [6.07, 6.45) is 4.61. The molecule has 0 aromatic heterocycles. The zero-order chi connectivity index (χ0) is 28.3. The minimum absolute atomic E-state index is 0.0257. The number of anilines is 1. The van der Waals surface area contributed by atoms with E-state index in [4.69, 9.17) is 26.1 Å². The van der Waals surface area contributed by atoms with Gasteiger partial charge in [-0.3, -0.25) is 14.5 Å². The number of thioether (sulfide) groups is 1. The number of carbonyl (C=O) groups excluding carboxylic acids is 2. The van der Waals surface area contributed by atoms with Crippen molar-refractivity contribution in [3.05, 3.63) is 83.4 Å². The number of unbranched alkanes of at least 4 members (excludes halogenated alkanes) is 3. The van der Waals surface area contributed by atoms with Crippen LogP contribution in [0.1, 0.15) is 44.6 Å². The first-order valence-electron chi connectivity index (χ1n) is 13.4. The number of nitrogens with zero attached hydrogens (tertiary/aromatic N) is 2. The fourth-order valence-corrected chi connectivity index (χ4v) is 5.43. The van der Waals surface area contributed by atoms with Crippen molar-refractivity contribution in [1.82, 2.24) is 4.90 Å². The van der Waals surface area contributed by atoms with Crippen LogP contribution in [-0.4, -0.2) is 40.8 Å². The second-order valence-electron chi connectivity index (χ2n) is 9.44. The first-order valence-corrected chi connectivity index (χ1v) is 14.7. The summed E-state index contributed by atoms with van der Waals surface area (Å²) in [6, 6.07) is 21.9. The van der Waals surface area contributed by atoms with E-state index in [1.807, 2.05) is 48.5 Å². The van der Waals surface area contributed by atoms with Gasteiger partial charge in [0.1, 0.15) is 16.7 Å². The van der Waals surface area contributed by atoms with E-state index in [-0.39, 0.29) is 18.2 Å². The van der Waals surface area contributed by atoms with Gasteiger partial charge in [0, 0.05) is 17.1 Å². The molecule has 2 amide bonds. The van der Waals surface area contributed by atoms with E-state index in [1.165, 1.54) is 24.6 Å². The van der Waals surface area contributed by atoms with Gasteiger partial charge in [0.15, 0.2) is 5.17 Å². The molecular weight excluding hydrogens is 546 g/mol. The van der Waals surface area contributed by atoms with Crippen LogP contribution < -0.4 is 14.8 Å². The molecule has 4 rings (SSSR count). The lowest BCUT2D eigenvalue weighted by Crippen LogP contribution is -2.33. The maximum Gasteiger partial charge on any atom is 0.242 e. The quantitative estimate of drug-likeness (QED) is 0.212. The zero-order valence-electron chi connectivity index (χ0n) is 22.8. The fraction of sp³-hybridized carbons (Fsp3) is 0.323. The highest BCUT2D eigenvalue weighted by Gasteiger charge is 2.39. The lowest BCUT2D eigenvalue weighted by Gasteiger charge is -2.17. The van der Waals surface area contributed by atoms with E-state index in [1.54, 1.807) is 36.3 Å². The van der Waals surface area contributed by atoms with Gasteiger partial charge < -0.3 is 14.8 Å². The number of hydrogen-bond acceptors (Lipinski definition) is 6. The van der Waals surface area contributed by atoms with Crippen LogP contribution in [0.15, 0.2) is 77.8 Å². The monoisotopic (exact) mass is 579 g/mol. The Bertz CT molecular complexity index is 1300. The molecule has 3 aromatic carbocycles. The number of carbonyl (C=O) groups is 2. The third kappa shape index (κ3) is 8.50. The van der Waals surface area contributed by atoms with E-state index in [9.17, 15) is 9.59 Å². The van der Waals surface area contributed by atoms with Gasteiger partial charge >= 0.3 is 0 Å². The first kappa shape index (κ1) is 29.5. The second-order valence-corrected chi connectivity index (χ2v) is 11.0. The number of benzene rings is 3. The SMILES string of the molecule is CCCCCCOc1ccc(NC(=O)C[C@H]2SC(=Nc3ccc(Cl)cc3)N(Cc3ccc(OC)cc3)C2=O)cc1. The lowest BCUT2D eigenvalue weighted by atomic mass is 10.2. The van der Waals surface area contributed by atoms with Crippen molar-refractivity contribution in [2.24, 2.45) is 4.99 Å². The van der Waals surface area contributed by atoms with E-state index in [0.29, 0.717) is 34.7 Å². The summed E-state index contributed by atoms with van der Waals surface area (Å²) >= 11 is 7.32. The Hall–Kier alpha value is -3.49. The van der Waals surface area contributed by atoms with Crippen molar-refractivity contribution in [3.63, 3.8) is 0 Å². The van der Waals surface area contributed by atoms with Crippen LogP contribution in [-0.2, 0) is 16.1 Å². The molecule has 0 bridgehead atoms. The number of methoxy groups -OCH3 is 1. The highest BCUT2D eigenvalue weighted by molar-refractivity contribution is 8.15. The molecule has 9 heteroatoms. The van der Waals surface area contributed by atoms with Crippen LogP contribution in [0.3, 0.4) is 0 Å². The lowest BCUT2D eigenvalue weighted by molar-refractivity contribution is -0.128. The van der Waals surface area contributed by atoms with Gasteiger partial charge in [0.05, 0.1) is 25.9 Å². The molecule has 0 spiro atoms. The van der Waals surface area contributed by atoms with Crippen LogP contribution in [0.4, 0.5) is 11.4 Å². The van der Waals surface area contributed by atoms with Crippen LogP contribution >= 0.6 is 23.4 Å². The van der Waals surface area contributed by atoms with Crippen molar-refractivity contribution in [3.8, 4) is 11.5 Å². The van der Waals surface area contributed by atoms with Crippen molar-refractivity contribution in [2.45, 2.75) is 50.8 Å². The maximum absolute atomic E-state index is 13.5. The Morgan fingerprint density at radius 1 is 0.975 bits per heavy atom. The fourth-order valence-electron chi connectivity index (χ4n) is 4.14. The van der Waals surface area contributed by atoms with Crippen molar-refractivity contribution < 1.29 is 19.1 Å². The largest absolute Gasteiger partial charge is 0.497 e. The minimum Gasteiger partial charge on any atom is -0.497 e. The average molecular weight is 580 g/mol. The molecule has 7 nitrogen and oxygen atoms in total. The second kappa shape index (κ2) is 14.8. The molecule has 0 saturated carbocycles. The maximum atomic E-state index is 13.5. The Labute approximate surface area is 244 Å². The Morgan fingerprint density at radius 3 is 2.35 bits per heavy atom. The molecule has 0 aliphatic carbocycles. The van der Waals surface area contributed by atoms with E-state index in [0.717, 1.165) is 29.9 Å². The normalized spacial score (nSPS) is 15.9. The number of nitrogens with one attached hydrogen (secondary N) is 1. The molecular formula is C31H34ClN3O4S. The highest BCUT2D eigenvalue weighted by Crippen LogP contribution is 2.33. The number of amides is 2. The van der Waals surface area contributed by atoms with Gasteiger partial charge in [-0.05, 0) is 72.6 Å². The van der Waals surface area contributed by atoms with Gasteiger partial charge in [-0.15, -0.1) is 0 Å². The Morgan fingerprint density at radius 2 is 1.68 bits per heavy atom. The van der Waals surface area contributed by atoms with Gasteiger partial charge in [-0.1, -0.05) is 61.7 Å². The van der Waals surface area contributed by atoms with Crippen LogP contribution in [0.2, 0.25) is 5.02 Å². The average Bonchev–Trinajstić information content (AvgIpc) is 3.24. The summed E-state index contributed by atoms with van der Waals surface area (Å²) < 4.78 is 11.0. The zero-order valence-corrected chi connectivity index (χ0v) is 24.3. The Kier molecular flexibility index (Phi) is 10.9. The number of hydrogen-bond donors (Lipinski definition) is 1. The summed E-state index contributed by atoms with van der Waals surface area (Å²) in [7, 11) is 1.61. The molecule has 3 aromatic rings. The van der Waals surface area contributed by atoms with Gasteiger partial charge in [0.25, 0.3) is 0 Å². The molecule has 1 saturated heterocycles. The molecule has 1 fully saturated rings. The summed E-state index contributed by atoms with van der Waals surface area (Å²) in [5.74, 6) is 1.11. The summed E-state index contributed by atoms with van der Waals surface area (Å²) in [5, 5.41) is 3.46.